The number of tetrazole rings is 1. The lowest BCUT2D eigenvalue weighted by Gasteiger charge is -2.08. The van der Waals surface area contributed by atoms with Gasteiger partial charge in [0.05, 0.1) is 17.2 Å². The molecular weight excluding hydrogens is 305 g/mol. The van der Waals surface area contributed by atoms with Crippen molar-refractivity contribution in [2.75, 3.05) is 12.4 Å². The Morgan fingerprint density at radius 2 is 2.10 bits per heavy atom. The molecule has 1 aromatic heterocycles. The molecule has 1 heterocycles. The Morgan fingerprint density at radius 3 is 2.60 bits per heavy atom. The third-order valence-corrected chi connectivity index (χ3v) is 2.84. The number of rotatable bonds is 4. The predicted molar refractivity (Wildman–Crippen MR) is 75.2 cm³/mol. The van der Waals surface area contributed by atoms with Crippen LogP contribution >= 0.6 is 23.2 Å². The van der Waals surface area contributed by atoms with Crippen LogP contribution in [-0.2, 0) is 0 Å². The number of benzene rings is 1. The minimum atomic E-state index is -0.472. The number of anilines is 1. The molecule has 104 valence electrons. The van der Waals surface area contributed by atoms with E-state index < -0.39 is 5.91 Å². The Labute approximate surface area is 124 Å². The van der Waals surface area contributed by atoms with Crippen LogP contribution in [0.1, 0.15) is 10.4 Å². The highest BCUT2D eigenvalue weighted by molar-refractivity contribution is 6.37. The number of halogens is 2. The van der Waals surface area contributed by atoms with E-state index in [2.05, 4.69) is 27.3 Å². The molecule has 7 nitrogen and oxygen atoms in total. The molecular formula is C11H9Cl2N5O2. The standard InChI is InChI=1S/C11H9Cl2N5O2/c1-3-18-16-11(15-17-18)14-10(19)6-4-7(12)9(20-2)8(13)5-6/h3-5H,1H2,2H3,(H,14,16,19). The molecule has 1 N–H and O–H groups in total. The summed E-state index contributed by atoms with van der Waals surface area (Å²) in [5.41, 5.74) is 0.246. The first-order valence-corrected chi connectivity index (χ1v) is 6.07. The van der Waals surface area contributed by atoms with Gasteiger partial charge in [0, 0.05) is 11.8 Å². The summed E-state index contributed by atoms with van der Waals surface area (Å²) in [6.45, 7) is 3.46. The van der Waals surface area contributed by atoms with Gasteiger partial charge in [-0.25, -0.2) is 0 Å². The van der Waals surface area contributed by atoms with Gasteiger partial charge in [0.25, 0.3) is 11.9 Å². The Morgan fingerprint density at radius 1 is 1.45 bits per heavy atom. The molecule has 9 heteroatoms. The number of nitrogens with zero attached hydrogens (tertiary/aromatic N) is 4. The molecule has 0 bridgehead atoms. The quantitative estimate of drug-likeness (QED) is 0.936. The second-order valence-corrected chi connectivity index (χ2v) is 4.36. The van der Waals surface area contributed by atoms with Crippen LogP contribution in [0.2, 0.25) is 10.0 Å². The number of ether oxygens (including phenoxy) is 1. The van der Waals surface area contributed by atoms with E-state index in [0.717, 1.165) is 4.80 Å². The van der Waals surface area contributed by atoms with Crippen LogP contribution in [0.25, 0.3) is 6.20 Å². The number of aromatic nitrogens is 4. The van der Waals surface area contributed by atoms with Crippen LogP contribution in [0.4, 0.5) is 5.95 Å². The molecule has 1 amide bonds. The summed E-state index contributed by atoms with van der Waals surface area (Å²) in [4.78, 5) is 13.1. The smallest absolute Gasteiger partial charge is 0.270 e. The Bertz CT molecular complexity index is 648. The molecule has 0 aliphatic heterocycles. The molecule has 0 saturated heterocycles. The summed E-state index contributed by atoms with van der Waals surface area (Å²) >= 11 is 11.9. The van der Waals surface area contributed by atoms with Crippen LogP contribution in [0, 0.1) is 0 Å². The van der Waals surface area contributed by atoms with Crippen molar-refractivity contribution in [2.24, 2.45) is 0 Å². The van der Waals surface area contributed by atoms with Crippen LogP contribution in [0.15, 0.2) is 18.7 Å². The fourth-order valence-corrected chi connectivity index (χ4v) is 2.05. The highest BCUT2D eigenvalue weighted by Gasteiger charge is 2.15. The fourth-order valence-electron chi connectivity index (χ4n) is 1.41. The maximum atomic E-state index is 12.0. The number of carbonyl (C=O) groups excluding carboxylic acids is 1. The van der Waals surface area contributed by atoms with Crippen molar-refractivity contribution in [3.8, 4) is 5.75 Å². The first kappa shape index (κ1) is 14.3. The first-order chi connectivity index (χ1) is 9.55. The van der Waals surface area contributed by atoms with Gasteiger partial charge >= 0.3 is 0 Å². The number of hydrogen-bond acceptors (Lipinski definition) is 5. The number of methoxy groups -OCH3 is 1. The number of nitrogens with one attached hydrogen (secondary N) is 1. The SMILES string of the molecule is C=Cn1nnc(NC(=O)c2cc(Cl)c(OC)c(Cl)c2)n1. The molecule has 0 atom stereocenters. The summed E-state index contributed by atoms with van der Waals surface area (Å²) in [5.74, 6) is -0.126. The first-order valence-electron chi connectivity index (χ1n) is 5.31. The van der Waals surface area contributed by atoms with Gasteiger partial charge in [-0.15, -0.1) is 9.90 Å². The molecule has 1 aromatic carbocycles. The van der Waals surface area contributed by atoms with Crippen molar-refractivity contribution in [1.29, 1.82) is 0 Å². The van der Waals surface area contributed by atoms with E-state index in [1.807, 2.05) is 0 Å². The maximum Gasteiger partial charge on any atom is 0.270 e. The van der Waals surface area contributed by atoms with Gasteiger partial charge in [0.15, 0.2) is 5.75 Å². The second-order valence-electron chi connectivity index (χ2n) is 3.54. The largest absolute Gasteiger partial charge is 0.494 e. The summed E-state index contributed by atoms with van der Waals surface area (Å²) in [6.07, 6.45) is 1.34. The second kappa shape index (κ2) is 5.89. The zero-order valence-electron chi connectivity index (χ0n) is 10.3. The zero-order chi connectivity index (χ0) is 14.7. The average molecular weight is 314 g/mol. The van der Waals surface area contributed by atoms with Crippen molar-refractivity contribution in [3.63, 3.8) is 0 Å². The lowest BCUT2D eigenvalue weighted by atomic mass is 10.2. The highest BCUT2D eigenvalue weighted by Crippen LogP contribution is 2.33. The summed E-state index contributed by atoms with van der Waals surface area (Å²) in [7, 11) is 1.43. The molecule has 0 saturated carbocycles. The Hall–Kier alpha value is -2.12. The van der Waals surface area contributed by atoms with Gasteiger partial charge in [-0.2, -0.15) is 0 Å². The summed E-state index contributed by atoms with van der Waals surface area (Å²) < 4.78 is 5.00. The van der Waals surface area contributed by atoms with E-state index in [1.165, 1.54) is 25.4 Å². The van der Waals surface area contributed by atoms with Crippen molar-refractivity contribution < 1.29 is 9.53 Å². The molecule has 0 aliphatic carbocycles. The normalized spacial score (nSPS) is 10.2. The predicted octanol–water partition coefficient (Wildman–Crippen LogP) is 2.34. The fraction of sp³-hybridized carbons (Fsp3) is 0.0909. The number of carbonyl (C=O) groups is 1. The molecule has 0 fully saturated rings. The molecule has 0 unspecified atom stereocenters. The molecule has 0 radical (unpaired) electrons. The number of amides is 1. The van der Waals surface area contributed by atoms with Crippen molar-refractivity contribution in [2.45, 2.75) is 0 Å². The molecule has 2 aromatic rings. The van der Waals surface area contributed by atoms with Gasteiger partial charge in [-0.1, -0.05) is 34.9 Å². The minimum Gasteiger partial charge on any atom is -0.494 e. The number of hydrogen-bond donors (Lipinski definition) is 1. The topological polar surface area (TPSA) is 81.9 Å². The highest BCUT2D eigenvalue weighted by atomic mass is 35.5. The molecule has 0 aliphatic rings. The molecule has 2 rings (SSSR count). The van der Waals surface area contributed by atoms with E-state index >= 15 is 0 Å². The lowest BCUT2D eigenvalue weighted by molar-refractivity contribution is 0.102. The molecule has 0 spiro atoms. The van der Waals surface area contributed by atoms with E-state index in [1.54, 1.807) is 0 Å². The monoisotopic (exact) mass is 313 g/mol. The van der Waals surface area contributed by atoms with Gasteiger partial charge < -0.3 is 4.74 Å². The van der Waals surface area contributed by atoms with Crippen LogP contribution in [0.5, 0.6) is 5.75 Å². The van der Waals surface area contributed by atoms with Crippen molar-refractivity contribution >= 4 is 41.3 Å². The van der Waals surface area contributed by atoms with Crippen LogP contribution in [-0.4, -0.2) is 33.2 Å². The van der Waals surface area contributed by atoms with E-state index in [-0.39, 0.29) is 21.6 Å². The zero-order valence-corrected chi connectivity index (χ0v) is 11.8. The van der Waals surface area contributed by atoms with Crippen molar-refractivity contribution in [3.05, 3.63) is 34.3 Å². The minimum absolute atomic E-state index is 0.0398. The van der Waals surface area contributed by atoms with Gasteiger partial charge in [0.2, 0.25) is 0 Å². The van der Waals surface area contributed by atoms with E-state index in [4.69, 9.17) is 27.9 Å². The van der Waals surface area contributed by atoms with Gasteiger partial charge in [0.1, 0.15) is 0 Å². The third kappa shape index (κ3) is 2.89. The summed E-state index contributed by atoms with van der Waals surface area (Å²) in [6, 6.07) is 2.86. The van der Waals surface area contributed by atoms with Crippen LogP contribution in [0.3, 0.4) is 0 Å². The van der Waals surface area contributed by atoms with E-state index in [9.17, 15) is 4.79 Å². The Kier molecular flexibility index (Phi) is 4.21. The van der Waals surface area contributed by atoms with Crippen molar-refractivity contribution in [1.82, 2.24) is 20.2 Å². The van der Waals surface area contributed by atoms with Gasteiger partial charge in [-0.3, -0.25) is 10.1 Å². The third-order valence-electron chi connectivity index (χ3n) is 2.28. The van der Waals surface area contributed by atoms with E-state index in [0.29, 0.717) is 5.75 Å². The summed E-state index contributed by atoms with van der Waals surface area (Å²) in [5, 5.41) is 14.0. The average Bonchev–Trinajstić information content (AvgIpc) is 2.86. The Balaban J connectivity index is 2.23. The molecule has 20 heavy (non-hydrogen) atoms. The van der Waals surface area contributed by atoms with Gasteiger partial charge in [-0.05, 0) is 17.3 Å². The maximum absolute atomic E-state index is 12.0. The van der Waals surface area contributed by atoms with Crippen LogP contribution < -0.4 is 10.1 Å². The lowest BCUT2D eigenvalue weighted by Crippen LogP contribution is -2.13.